The van der Waals surface area contributed by atoms with E-state index in [1.807, 2.05) is 4.90 Å². The molecule has 2 heterocycles. The average molecular weight is 320 g/mol. The topological polar surface area (TPSA) is 32.8 Å². The van der Waals surface area contributed by atoms with Crippen molar-refractivity contribution < 1.29 is 13.9 Å². The summed E-state index contributed by atoms with van der Waals surface area (Å²) in [6.45, 7) is 4.20. The molecule has 2 fully saturated rings. The lowest BCUT2D eigenvalue weighted by molar-refractivity contribution is -0.130. The highest BCUT2D eigenvalue weighted by molar-refractivity contribution is 5.74. The molecule has 2 atom stereocenters. The summed E-state index contributed by atoms with van der Waals surface area (Å²) in [6, 6.07) is 5.35. The Morgan fingerprint density at radius 3 is 2.74 bits per heavy atom. The minimum atomic E-state index is -0.234. The summed E-state index contributed by atoms with van der Waals surface area (Å²) < 4.78 is 19.0. The molecule has 0 N–H and O–H groups in total. The predicted molar refractivity (Wildman–Crippen MR) is 86.8 cm³/mol. The number of carbonyl (C=O) groups excluding carboxylic acids is 1. The van der Waals surface area contributed by atoms with Crippen molar-refractivity contribution in [3.8, 4) is 5.75 Å². The third-order valence-corrected chi connectivity index (χ3v) is 5.18. The van der Waals surface area contributed by atoms with Crippen LogP contribution in [0.5, 0.6) is 5.75 Å². The molecule has 0 radical (unpaired) electrons. The number of ether oxygens (including phenoxy) is 1. The lowest BCUT2D eigenvalue weighted by Gasteiger charge is -2.34. The first kappa shape index (κ1) is 16.2. The van der Waals surface area contributed by atoms with Crippen LogP contribution in [0.25, 0.3) is 0 Å². The molecular formula is C18H25FN2O2. The summed E-state index contributed by atoms with van der Waals surface area (Å²) in [5.74, 6) is 0.664. The lowest BCUT2D eigenvalue weighted by Crippen LogP contribution is -2.47. The number of rotatable bonds is 4. The molecule has 2 saturated heterocycles. The van der Waals surface area contributed by atoms with Crippen LogP contribution in [0, 0.1) is 5.82 Å². The van der Waals surface area contributed by atoms with Gasteiger partial charge in [0, 0.05) is 37.7 Å². The second-order valence-electron chi connectivity index (χ2n) is 6.56. The van der Waals surface area contributed by atoms with Gasteiger partial charge in [-0.15, -0.1) is 0 Å². The van der Waals surface area contributed by atoms with Gasteiger partial charge >= 0.3 is 0 Å². The predicted octanol–water partition coefficient (Wildman–Crippen LogP) is 2.81. The summed E-state index contributed by atoms with van der Waals surface area (Å²) in [6.07, 6.45) is 4.38. The van der Waals surface area contributed by atoms with E-state index in [2.05, 4.69) is 4.90 Å². The quantitative estimate of drug-likeness (QED) is 0.855. The number of amides is 1. The Morgan fingerprint density at radius 2 is 2.00 bits per heavy atom. The van der Waals surface area contributed by atoms with Crippen LogP contribution >= 0.6 is 0 Å². The van der Waals surface area contributed by atoms with Crippen molar-refractivity contribution in [3.63, 3.8) is 0 Å². The van der Waals surface area contributed by atoms with Gasteiger partial charge in [0.05, 0.1) is 7.11 Å². The number of nitrogens with zero attached hydrogens (tertiary/aromatic N) is 2. The van der Waals surface area contributed by atoms with Crippen molar-refractivity contribution in [1.82, 2.24) is 9.80 Å². The van der Waals surface area contributed by atoms with E-state index in [-0.39, 0.29) is 11.7 Å². The molecule has 5 heteroatoms. The van der Waals surface area contributed by atoms with Crippen molar-refractivity contribution in [2.75, 3.05) is 20.2 Å². The number of hydrogen-bond acceptors (Lipinski definition) is 3. The van der Waals surface area contributed by atoms with E-state index in [4.69, 9.17) is 4.74 Å². The molecule has 0 saturated carbocycles. The van der Waals surface area contributed by atoms with Crippen LogP contribution in [0.1, 0.15) is 38.2 Å². The van der Waals surface area contributed by atoms with Gasteiger partial charge < -0.3 is 9.64 Å². The van der Waals surface area contributed by atoms with Crippen LogP contribution in [0.2, 0.25) is 0 Å². The monoisotopic (exact) mass is 320 g/mol. The van der Waals surface area contributed by atoms with E-state index in [1.165, 1.54) is 6.07 Å². The van der Waals surface area contributed by atoms with Crippen molar-refractivity contribution in [2.45, 2.75) is 51.2 Å². The van der Waals surface area contributed by atoms with E-state index >= 15 is 0 Å². The maximum absolute atomic E-state index is 13.6. The molecule has 0 unspecified atom stereocenters. The van der Waals surface area contributed by atoms with Gasteiger partial charge in [-0.1, -0.05) is 0 Å². The van der Waals surface area contributed by atoms with Crippen molar-refractivity contribution in [1.29, 1.82) is 0 Å². The molecule has 0 bridgehead atoms. The molecule has 3 rings (SSSR count). The molecular weight excluding hydrogens is 295 g/mol. The van der Waals surface area contributed by atoms with Gasteiger partial charge in [-0.25, -0.2) is 4.39 Å². The SMILES string of the molecule is COc1ccc(F)cc1CN1CCC[C@@H]1[C@@H]1CCCN1C(C)=O. The van der Waals surface area contributed by atoms with Gasteiger partial charge in [-0.3, -0.25) is 9.69 Å². The highest BCUT2D eigenvalue weighted by atomic mass is 19.1. The molecule has 0 aromatic heterocycles. The lowest BCUT2D eigenvalue weighted by atomic mass is 10.0. The van der Waals surface area contributed by atoms with Gasteiger partial charge in [-0.2, -0.15) is 0 Å². The van der Waals surface area contributed by atoms with E-state index in [0.29, 0.717) is 18.6 Å². The van der Waals surface area contributed by atoms with E-state index in [9.17, 15) is 9.18 Å². The van der Waals surface area contributed by atoms with Crippen LogP contribution < -0.4 is 4.74 Å². The van der Waals surface area contributed by atoms with Gasteiger partial charge in [0.2, 0.25) is 5.91 Å². The zero-order valence-corrected chi connectivity index (χ0v) is 13.9. The molecule has 1 amide bonds. The zero-order chi connectivity index (χ0) is 16.4. The number of halogens is 1. The Hall–Kier alpha value is -1.62. The minimum Gasteiger partial charge on any atom is -0.496 e. The summed E-state index contributed by atoms with van der Waals surface area (Å²) in [7, 11) is 1.62. The van der Waals surface area contributed by atoms with Gasteiger partial charge in [0.15, 0.2) is 0 Å². The van der Waals surface area contributed by atoms with E-state index < -0.39 is 0 Å². The summed E-state index contributed by atoms with van der Waals surface area (Å²) in [4.78, 5) is 16.3. The Kier molecular flexibility index (Phi) is 4.85. The highest BCUT2D eigenvalue weighted by Crippen LogP contribution is 2.32. The van der Waals surface area contributed by atoms with Crippen LogP contribution in [0.15, 0.2) is 18.2 Å². The maximum atomic E-state index is 13.6. The maximum Gasteiger partial charge on any atom is 0.219 e. The smallest absolute Gasteiger partial charge is 0.219 e. The molecule has 0 aliphatic carbocycles. The number of likely N-dealkylation sites (tertiary alicyclic amines) is 2. The fraction of sp³-hybridized carbons (Fsp3) is 0.611. The van der Waals surface area contributed by atoms with Crippen LogP contribution in [0.3, 0.4) is 0 Å². The molecule has 23 heavy (non-hydrogen) atoms. The second-order valence-corrected chi connectivity index (χ2v) is 6.56. The Labute approximate surface area is 137 Å². The van der Waals surface area contributed by atoms with Gasteiger partial charge in [0.1, 0.15) is 11.6 Å². The van der Waals surface area contributed by atoms with Crippen LogP contribution in [0.4, 0.5) is 4.39 Å². The van der Waals surface area contributed by atoms with Crippen LogP contribution in [-0.4, -0.2) is 48.0 Å². The second kappa shape index (κ2) is 6.87. The normalized spacial score (nSPS) is 25.1. The van der Waals surface area contributed by atoms with Crippen molar-refractivity contribution >= 4 is 5.91 Å². The highest BCUT2D eigenvalue weighted by Gasteiger charge is 2.38. The van der Waals surface area contributed by atoms with Crippen molar-refractivity contribution in [3.05, 3.63) is 29.6 Å². The first-order valence-electron chi connectivity index (χ1n) is 8.44. The fourth-order valence-electron chi connectivity index (χ4n) is 4.16. The Morgan fingerprint density at radius 1 is 1.26 bits per heavy atom. The van der Waals surface area contributed by atoms with Gasteiger partial charge in [0.25, 0.3) is 0 Å². The number of benzene rings is 1. The van der Waals surface area contributed by atoms with E-state index in [0.717, 1.165) is 50.1 Å². The Balaban J connectivity index is 1.77. The minimum absolute atomic E-state index is 0.169. The summed E-state index contributed by atoms with van der Waals surface area (Å²) in [5, 5.41) is 0. The van der Waals surface area contributed by atoms with E-state index in [1.54, 1.807) is 26.2 Å². The molecule has 2 aliphatic rings. The molecule has 4 nitrogen and oxygen atoms in total. The fourth-order valence-corrected chi connectivity index (χ4v) is 4.16. The average Bonchev–Trinajstić information content (AvgIpc) is 3.15. The number of methoxy groups -OCH3 is 1. The molecule has 2 aliphatic heterocycles. The van der Waals surface area contributed by atoms with Crippen molar-refractivity contribution in [2.24, 2.45) is 0 Å². The molecule has 1 aromatic rings. The van der Waals surface area contributed by atoms with Gasteiger partial charge in [-0.05, 0) is 50.4 Å². The molecule has 1 aromatic carbocycles. The third kappa shape index (κ3) is 3.34. The summed E-state index contributed by atoms with van der Waals surface area (Å²) in [5.41, 5.74) is 0.881. The number of carbonyl (C=O) groups is 1. The third-order valence-electron chi connectivity index (χ3n) is 5.18. The summed E-state index contributed by atoms with van der Waals surface area (Å²) >= 11 is 0. The first-order chi connectivity index (χ1) is 11.1. The van der Waals surface area contributed by atoms with Crippen LogP contribution in [-0.2, 0) is 11.3 Å². The molecule has 0 spiro atoms. The zero-order valence-electron chi connectivity index (χ0n) is 13.9. The number of hydrogen-bond donors (Lipinski definition) is 0. The first-order valence-corrected chi connectivity index (χ1v) is 8.44. The largest absolute Gasteiger partial charge is 0.496 e. The molecule has 126 valence electrons. The Bertz CT molecular complexity index is 578. The standard InChI is InChI=1S/C18H25FN2O2/c1-13(22)21-10-4-6-17(21)16-5-3-9-20(16)12-14-11-15(19)7-8-18(14)23-2/h7-8,11,16-17H,3-6,9-10,12H2,1-2H3/t16-,17+/m1/s1.